The van der Waals surface area contributed by atoms with Gasteiger partial charge in [-0.15, -0.1) is 0 Å². The number of nitro benzene ring substituents is 1. The van der Waals surface area contributed by atoms with Crippen LogP contribution >= 0.6 is 0 Å². The predicted octanol–water partition coefficient (Wildman–Crippen LogP) is 3.71. The predicted molar refractivity (Wildman–Crippen MR) is 82.0 cm³/mol. The van der Waals surface area contributed by atoms with Gasteiger partial charge < -0.3 is 5.32 Å². The SMILES string of the molecule is Cc1ccc(C(C)N[C@H](C)c2cccnc2)cc1[N+](=O)[O-]. The summed E-state index contributed by atoms with van der Waals surface area (Å²) in [6.07, 6.45) is 3.56. The fraction of sp³-hybridized carbons (Fsp3) is 0.312. The third kappa shape index (κ3) is 3.64. The van der Waals surface area contributed by atoms with E-state index in [4.69, 9.17) is 0 Å². The summed E-state index contributed by atoms with van der Waals surface area (Å²) in [5, 5.41) is 14.5. The van der Waals surface area contributed by atoms with Gasteiger partial charge in [-0.3, -0.25) is 15.1 Å². The molecule has 1 heterocycles. The molecule has 1 N–H and O–H groups in total. The molecule has 1 unspecified atom stereocenters. The minimum Gasteiger partial charge on any atom is -0.304 e. The van der Waals surface area contributed by atoms with E-state index in [1.807, 2.05) is 31.3 Å². The van der Waals surface area contributed by atoms with Crippen LogP contribution in [0.25, 0.3) is 0 Å². The van der Waals surface area contributed by atoms with Crippen molar-refractivity contribution in [1.29, 1.82) is 0 Å². The quantitative estimate of drug-likeness (QED) is 0.671. The zero-order valence-electron chi connectivity index (χ0n) is 12.4. The molecule has 5 nitrogen and oxygen atoms in total. The van der Waals surface area contributed by atoms with E-state index in [-0.39, 0.29) is 22.7 Å². The summed E-state index contributed by atoms with van der Waals surface area (Å²) < 4.78 is 0. The van der Waals surface area contributed by atoms with E-state index in [0.29, 0.717) is 5.56 Å². The molecule has 0 aliphatic carbocycles. The van der Waals surface area contributed by atoms with Crippen molar-refractivity contribution >= 4 is 5.69 Å². The molecule has 21 heavy (non-hydrogen) atoms. The van der Waals surface area contributed by atoms with Crippen molar-refractivity contribution in [2.75, 3.05) is 0 Å². The summed E-state index contributed by atoms with van der Waals surface area (Å²) in [6.45, 7) is 5.80. The Morgan fingerprint density at radius 2 is 1.90 bits per heavy atom. The second kappa shape index (κ2) is 6.45. The Hall–Kier alpha value is -2.27. The second-order valence-electron chi connectivity index (χ2n) is 5.20. The van der Waals surface area contributed by atoms with E-state index in [0.717, 1.165) is 11.1 Å². The molecule has 0 saturated heterocycles. The molecule has 1 aromatic heterocycles. The molecule has 0 amide bonds. The van der Waals surface area contributed by atoms with Crippen molar-refractivity contribution in [3.63, 3.8) is 0 Å². The minimum atomic E-state index is -0.337. The normalized spacial score (nSPS) is 13.7. The molecule has 0 aliphatic heterocycles. The van der Waals surface area contributed by atoms with Gasteiger partial charge in [0.25, 0.3) is 5.69 Å². The number of benzene rings is 1. The monoisotopic (exact) mass is 285 g/mol. The zero-order chi connectivity index (χ0) is 15.4. The van der Waals surface area contributed by atoms with Crippen molar-refractivity contribution < 1.29 is 4.92 Å². The highest BCUT2D eigenvalue weighted by Gasteiger charge is 2.16. The third-order valence-electron chi connectivity index (χ3n) is 3.61. The minimum absolute atomic E-state index is 0.0134. The molecule has 2 aromatic rings. The molecule has 0 bridgehead atoms. The molecule has 0 radical (unpaired) electrons. The van der Waals surface area contributed by atoms with Crippen LogP contribution in [0, 0.1) is 17.0 Å². The van der Waals surface area contributed by atoms with Gasteiger partial charge >= 0.3 is 0 Å². The van der Waals surface area contributed by atoms with Gasteiger partial charge in [-0.2, -0.15) is 0 Å². The van der Waals surface area contributed by atoms with Crippen LogP contribution in [0.4, 0.5) is 5.69 Å². The Morgan fingerprint density at radius 3 is 2.52 bits per heavy atom. The lowest BCUT2D eigenvalue weighted by Crippen LogP contribution is -2.22. The maximum Gasteiger partial charge on any atom is 0.272 e. The number of nitrogens with one attached hydrogen (secondary N) is 1. The van der Waals surface area contributed by atoms with E-state index in [1.165, 1.54) is 0 Å². The van der Waals surface area contributed by atoms with Crippen LogP contribution in [0.15, 0.2) is 42.7 Å². The molecule has 0 spiro atoms. The lowest BCUT2D eigenvalue weighted by molar-refractivity contribution is -0.385. The average molecular weight is 285 g/mol. The van der Waals surface area contributed by atoms with Crippen molar-refractivity contribution in [3.8, 4) is 0 Å². The highest BCUT2D eigenvalue weighted by molar-refractivity contribution is 5.43. The van der Waals surface area contributed by atoms with Gasteiger partial charge in [0.1, 0.15) is 0 Å². The van der Waals surface area contributed by atoms with Crippen LogP contribution < -0.4 is 5.32 Å². The number of nitro groups is 1. The first-order chi connectivity index (χ1) is 9.99. The van der Waals surface area contributed by atoms with E-state index < -0.39 is 0 Å². The molecule has 0 saturated carbocycles. The summed E-state index contributed by atoms with van der Waals surface area (Å²) >= 11 is 0. The van der Waals surface area contributed by atoms with E-state index in [1.54, 1.807) is 25.3 Å². The van der Waals surface area contributed by atoms with Gasteiger partial charge in [-0.25, -0.2) is 0 Å². The number of hydrogen-bond donors (Lipinski definition) is 1. The Bertz CT molecular complexity index is 629. The number of aryl methyl sites for hydroxylation is 1. The van der Waals surface area contributed by atoms with Gasteiger partial charge in [0, 0.05) is 36.1 Å². The maximum atomic E-state index is 11.0. The number of nitrogens with zero attached hydrogens (tertiary/aromatic N) is 2. The molecule has 5 heteroatoms. The van der Waals surface area contributed by atoms with Gasteiger partial charge in [-0.1, -0.05) is 18.2 Å². The van der Waals surface area contributed by atoms with Gasteiger partial charge in [-0.05, 0) is 38.0 Å². The van der Waals surface area contributed by atoms with E-state index >= 15 is 0 Å². The van der Waals surface area contributed by atoms with Gasteiger partial charge in [0.2, 0.25) is 0 Å². The molecule has 0 fully saturated rings. The highest BCUT2D eigenvalue weighted by Crippen LogP contribution is 2.25. The first-order valence-corrected chi connectivity index (χ1v) is 6.90. The van der Waals surface area contributed by atoms with Crippen LogP contribution in [-0.2, 0) is 0 Å². The molecule has 1 aromatic carbocycles. The Kier molecular flexibility index (Phi) is 4.65. The summed E-state index contributed by atoms with van der Waals surface area (Å²) in [5.74, 6) is 0. The molecule has 110 valence electrons. The Labute approximate surface area is 124 Å². The number of rotatable bonds is 5. The highest BCUT2D eigenvalue weighted by atomic mass is 16.6. The second-order valence-corrected chi connectivity index (χ2v) is 5.20. The van der Waals surface area contributed by atoms with Crippen LogP contribution in [-0.4, -0.2) is 9.91 Å². The zero-order valence-corrected chi connectivity index (χ0v) is 12.4. The molecule has 2 rings (SSSR count). The van der Waals surface area contributed by atoms with Crippen molar-refractivity contribution in [2.45, 2.75) is 32.9 Å². The molecular formula is C16H19N3O2. The fourth-order valence-corrected chi connectivity index (χ4v) is 2.29. The maximum absolute atomic E-state index is 11.0. The lowest BCUT2D eigenvalue weighted by Gasteiger charge is -2.20. The third-order valence-corrected chi connectivity index (χ3v) is 3.61. The lowest BCUT2D eigenvalue weighted by atomic mass is 10.0. The van der Waals surface area contributed by atoms with Crippen molar-refractivity contribution in [3.05, 3.63) is 69.5 Å². The van der Waals surface area contributed by atoms with Gasteiger partial charge in [0.05, 0.1) is 4.92 Å². The number of hydrogen-bond acceptors (Lipinski definition) is 4. The fourth-order valence-electron chi connectivity index (χ4n) is 2.29. The summed E-state index contributed by atoms with van der Waals surface area (Å²) in [5.41, 5.74) is 2.83. The van der Waals surface area contributed by atoms with E-state index in [2.05, 4.69) is 17.2 Å². The molecular weight excluding hydrogens is 266 g/mol. The summed E-state index contributed by atoms with van der Waals surface area (Å²) in [6, 6.07) is 9.40. The first kappa shape index (κ1) is 15.1. The summed E-state index contributed by atoms with van der Waals surface area (Å²) in [7, 11) is 0. The molecule has 0 aliphatic rings. The van der Waals surface area contributed by atoms with Crippen LogP contribution in [0.5, 0.6) is 0 Å². The first-order valence-electron chi connectivity index (χ1n) is 6.90. The number of aromatic nitrogens is 1. The van der Waals surface area contributed by atoms with E-state index in [9.17, 15) is 10.1 Å². The van der Waals surface area contributed by atoms with Gasteiger partial charge in [0.15, 0.2) is 0 Å². The van der Waals surface area contributed by atoms with Crippen molar-refractivity contribution in [2.24, 2.45) is 0 Å². The van der Waals surface area contributed by atoms with Crippen LogP contribution in [0.3, 0.4) is 0 Å². The number of pyridine rings is 1. The Balaban J connectivity index is 2.15. The topological polar surface area (TPSA) is 68.1 Å². The Morgan fingerprint density at radius 1 is 1.19 bits per heavy atom. The average Bonchev–Trinajstić information content (AvgIpc) is 2.48. The summed E-state index contributed by atoms with van der Waals surface area (Å²) in [4.78, 5) is 14.8. The smallest absolute Gasteiger partial charge is 0.272 e. The van der Waals surface area contributed by atoms with Crippen molar-refractivity contribution in [1.82, 2.24) is 10.3 Å². The standard InChI is InChI=1S/C16H19N3O2/c1-11-6-7-14(9-16(11)19(20)21)12(2)18-13(3)15-5-4-8-17-10-15/h4-10,12-13,18H,1-3H3/t12?,13-/m1/s1. The van der Waals surface area contributed by atoms with Crippen LogP contribution in [0.2, 0.25) is 0 Å². The van der Waals surface area contributed by atoms with Crippen LogP contribution in [0.1, 0.15) is 42.6 Å². The largest absolute Gasteiger partial charge is 0.304 e. The molecule has 2 atom stereocenters.